The summed E-state index contributed by atoms with van der Waals surface area (Å²) in [5.41, 5.74) is 0. The molecule has 0 N–H and O–H groups in total. The molecule has 0 radical (unpaired) electrons. The molecular weight excluding hydrogens is 132 g/mol. The summed E-state index contributed by atoms with van der Waals surface area (Å²) < 4.78 is 4.73. The Bertz CT molecular complexity index is 162. The zero-order valence-corrected chi connectivity index (χ0v) is 5.92. The van der Waals surface area contributed by atoms with Crippen LogP contribution in [0.25, 0.3) is 0 Å². The number of hydrogen-bond acceptors (Lipinski definition) is 3. The van der Waals surface area contributed by atoms with Gasteiger partial charge in [0.05, 0.1) is 0 Å². The summed E-state index contributed by atoms with van der Waals surface area (Å²) in [5.74, 6) is -0.296. The van der Waals surface area contributed by atoms with Crippen LogP contribution in [0, 0.1) is 0 Å². The molecule has 0 saturated heterocycles. The predicted octanol–water partition coefficient (Wildman–Crippen LogP) is 0.671. The summed E-state index contributed by atoms with van der Waals surface area (Å²) in [5, 5.41) is 0. The Kier molecular flexibility index (Phi) is 2.04. The quantitative estimate of drug-likeness (QED) is 0.505. The van der Waals surface area contributed by atoms with Gasteiger partial charge in [-0.1, -0.05) is 0 Å². The second-order valence-corrected chi connectivity index (χ2v) is 2.46. The minimum atomic E-state index is -0.433. The minimum absolute atomic E-state index is 0.0650. The predicted molar refractivity (Wildman–Crippen MR) is 34.4 cm³/mol. The summed E-state index contributed by atoms with van der Waals surface area (Å²) in [7, 11) is 0. The molecule has 0 aromatic carbocycles. The highest BCUT2D eigenvalue weighted by atomic mass is 16.5. The molecule has 0 spiro atoms. The first-order valence-electron chi connectivity index (χ1n) is 3.40. The summed E-state index contributed by atoms with van der Waals surface area (Å²) in [6, 6.07) is 0. The molecule has 1 aliphatic carbocycles. The van der Waals surface area contributed by atoms with Crippen molar-refractivity contribution in [2.45, 2.75) is 32.3 Å². The molecule has 1 fully saturated rings. The molecule has 3 nitrogen and oxygen atoms in total. The van der Waals surface area contributed by atoms with Crippen LogP contribution >= 0.6 is 0 Å². The van der Waals surface area contributed by atoms with Crippen LogP contribution in [0.15, 0.2) is 0 Å². The van der Waals surface area contributed by atoms with Crippen molar-refractivity contribution in [2.24, 2.45) is 0 Å². The van der Waals surface area contributed by atoms with Crippen molar-refractivity contribution in [3.63, 3.8) is 0 Å². The molecule has 1 aliphatic rings. The highest BCUT2D eigenvalue weighted by Crippen LogP contribution is 2.17. The first kappa shape index (κ1) is 7.25. The van der Waals surface area contributed by atoms with Gasteiger partial charge in [0.25, 0.3) is 0 Å². The van der Waals surface area contributed by atoms with Gasteiger partial charge in [0.15, 0.2) is 11.9 Å². The van der Waals surface area contributed by atoms with Gasteiger partial charge in [-0.15, -0.1) is 0 Å². The van der Waals surface area contributed by atoms with Crippen molar-refractivity contribution in [2.75, 3.05) is 0 Å². The number of hydrogen-bond donors (Lipinski definition) is 0. The number of rotatable bonds is 1. The molecule has 1 atom stereocenters. The maximum absolute atomic E-state index is 10.8. The van der Waals surface area contributed by atoms with Gasteiger partial charge in [0, 0.05) is 13.3 Å². The van der Waals surface area contributed by atoms with E-state index >= 15 is 0 Å². The molecular formula is C7H10O3. The van der Waals surface area contributed by atoms with Gasteiger partial charge in [-0.2, -0.15) is 0 Å². The molecule has 0 aromatic rings. The second-order valence-electron chi connectivity index (χ2n) is 2.46. The van der Waals surface area contributed by atoms with Gasteiger partial charge in [0.2, 0.25) is 0 Å². The Labute approximate surface area is 59.4 Å². The second kappa shape index (κ2) is 2.82. The van der Waals surface area contributed by atoms with E-state index in [-0.39, 0.29) is 11.8 Å². The number of Topliss-reactive ketones (excluding diaryl/α,β-unsaturated/α-hetero) is 1. The number of carbonyl (C=O) groups is 2. The van der Waals surface area contributed by atoms with E-state index in [0.717, 1.165) is 6.42 Å². The topological polar surface area (TPSA) is 43.4 Å². The molecule has 0 aromatic heterocycles. The Morgan fingerprint density at radius 3 is 2.80 bits per heavy atom. The number of esters is 1. The lowest BCUT2D eigenvalue weighted by molar-refractivity contribution is -0.151. The van der Waals surface area contributed by atoms with Crippen LogP contribution in [0.3, 0.4) is 0 Å². The molecule has 3 heteroatoms. The van der Waals surface area contributed by atoms with E-state index < -0.39 is 6.10 Å². The molecule has 0 unspecified atom stereocenters. The molecule has 10 heavy (non-hydrogen) atoms. The minimum Gasteiger partial charge on any atom is -0.455 e. The average Bonchev–Trinajstić information content (AvgIpc) is 2.15. The van der Waals surface area contributed by atoms with E-state index in [1.54, 1.807) is 0 Å². The van der Waals surface area contributed by atoms with E-state index in [1.165, 1.54) is 6.92 Å². The number of ether oxygens (including phenoxy) is 1. The molecule has 0 heterocycles. The maximum atomic E-state index is 10.8. The Morgan fingerprint density at radius 2 is 2.40 bits per heavy atom. The monoisotopic (exact) mass is 142 g/mol. The fourth-order valence-electron chi connectivity index (χ4n) is 1.11. The first-order valence-corrected chi connectivity index (χ1v) is 3.40. The van der Waals surface area contributed by atoms with Crippen LogP contribution in [0.2, 0.25) is 0 Å². The summed E-state index contributed by atoms with van der Waals surface area (Å²) >= 11 is 0. The summed E-state index contributed by atoms with van der Waals surface area (Å²) in [6.45, 7) is 1.32. The van der Waals surface area contributed by atoms with Crippen molar-refractivity contribution in [1.82, 2.24) is 0 Å². The lowest BCUT2D eigenvalue weighted by Crippen LogP contribution is -2.19. The van der Waals surface area contributed by atoms with E-state index in [9.17, 15) is 9.59 Å². The van der Waals surface area contributed by atoms with Crippen LogP contribution in [-0.2, 0) is 14.3 Å². The van der Waals surface area contributed by atoms with Gasteiger partial charge < -0.3 is 4.74 Å². The van der Waals surface area contributed by atoms with Crippen molar-refractivity contribution < 1.29 is 14.3 Å². The third-order valence-corrected chi connectivity index (χ3v) is 1.56. The Balaban J connectivity index is 2.40. The fraction of sp³-hybridized carbons (Fsp3) is 0.714. The maximum Gasteiger partial charge on any atom is 0.303 e. The zero-order chi connectivity index (χ0) is 7.56. The molecule has 0 amide bonds. The Hall–Kier alpha value is -0.860. The fourth-order valence-corrected chi connectivity index (χ4v) is 1.11. The van der Waals surface area contributed by atoms with Crippen molar-refractivity contribution in [1.29, 1.82) is 0 Å². The van der Waals surface area contributed by atoms with E-state index in [0.29, 0.717) is 12.8 Å². The van der Waals surface area contributed by atoms with Crippen LogP contribution < -0.4 is 0 Å². The highest BCUT2D eigenvalue weighted by molar-refractivity contribution is 5.86. The van der Waals surface area contributed by atoms with Gasteiger partial charge in [-0.25, -0.2) is 0 Å². The normalized spacial score (nSPS) is 24.9. The average molecular weight is 142 g/mol. The van der Waals surface area contributed by atoms with E-state index in [1.807, 2.05) is 0 Å². The molecule has 56 valence electrons. The van der Waals surface area contributed by atoms with Crippen LogP contribution in [0.4, 0.5) is 0 Å². The standard InChI is InChI=1S/C7H10O3/c1-5(8)10-7-4-2-3-6(7)9/h7H,2-4H2,1H3/t7-/m0/s1. The SMILES string of the molecule is CC(=O)O[C@H]1CCCC1=O. The Morgan fingerprint density at radius 1 is 1.70 bits per heavy atom. The molecule has 0 aliphatic heterocycles. The van der Waals surface area contributed by atoms with Crippen molar-refractivity contribution in [3.05, 3.63) is 0 Å². The smallest absolute Gasteiger partial charge is 0.303 e. The van der Waals surface area contributed by atoms with Gasteiger partial charge in [-0.05, 0) is 12.8 Å². The lowest BCUT2D eigenvalue weighted by atomic mass is 10.3. The third kappa shape index (κ3) is 1.56. The number of ketones is 1. The summed E-state index contributed by atoms with van der Waals surface area (Å²) in [6.07, 6.45) is 1.70. The largest absolute Gasteiger partial charge is 0.455 e. The van der Waals surface area contributed by atoms with Gasteiger partial charge >= 0.3 is 5.97 Å². The highest BCUT2D eigenvalue weighted by Gasteiger charge is 2.26. The molecule has 1 saturated carbocycles. The van der Waals surface area contributed by atoms with Gasteiger partial charge in [0.1, 0.15) is 0 Å². The van der Waals surface area contributed by atoms with Gasteiger partial charge in [-0.3, -0.25) is 9.59 Å². The summed E-state index contributed by atoms with van der Waals surface area (Å²) in [4.78, 5) is 21.2. The van der Waals surface area contributed by atoms with Crippen LogP contribution in [0.1, 0.15) is 26.2 Å². The molecule has 0 bridgehead atoms. The van der Waals surface area contributed by atoms with Crippen LogP contribution in [-0.4, -0.2) is 17.9 Å². The van der Waals surface area contributed by atoms with Crippen LogP contribution in [0.5, 0.6) is 0 Å². The number of carbonyl (C=O) groups excluding carboxylic acids is 2. The zero-order valence-electron chi connectivity index (χ0n) is 5.92. The van der Waals surface area contributed by atoms with E-state index in [2.05, 4.69) is 0 Å². The third-order valence-electron chi connectivity index (χ3n) is 1.56. The van der Waals surface area contributed by atoms with Crippen molar-refractivity contribution in [3.8, 4) is 0 Å². The first-order chi connectivity index (χ1) is 4.70. The lowest BCUT2D eigenvalue weighted by Gasteiger charge is -2.06. The van der Waals surface area contributed by atoms with Crippen molar-refractivity contribution >= 4 is 11.8 Å². The molecule has 1 rings (SSSR count). The van der Waals surface area contributed by atoms with E-state index in [4.69, 9.17) is 4.74 Å².